The number of imidazole rings is 1. The number of nitrogens with zero attached hydrogens (tertiary/aromatic N) is 4. The van der Waals surface area contributed by atoms with Crippen molar-refractivity contribution in [1.29, 1.82) is 0 Å². The van der Waals surface area contributed by atoms with Crippen molar-refractivity contribution in [3.8, 4) is 0 Å². The second kappa shape index (κ2) is 12.9. The second-order valence-electron chi connectivity index (χ2n) is 13.6. The first kappa shape index (κ1) is 31.7. The van der Waals surface area contributed by atoms with E-state index in [9.17, 15) is 14.0 Å². The summed E-state index contributed by atoms with van der Waals surface area (Å²) in [6.07, 6.45) is 7.93. The number of hydrogen-bond donors (Lipinski definition) is 0. The van der Waals surface area contributed by atoms with Crippen molar-refractivity contribution in [3.63, 3.8) is 0 Å². The van der Waals surface area contributed by atoms with Crippen LogP contribution in [-0.4, -0.2) is 69.6 Å². The molecule has 4 heterocycles. The number of carbonyl (C=O) groups is 2. The number of aromatic nitrogens is 2. The van der Waals surface area contributed by atoms with Crippen LogP contribution in [0.3, 0.4) is 0 Å². The molecular weight excluding hydrogens is 567 g/mol. The smallest absolute Gasteiger partial charge is 0.321 e. The van der Waals surface area contributed by atoms with E-state index in [-0.39, 0.29) is 23.7 Å². The maximum atomic E-state index is 14.6. The van der Waals surface area contributed by atoms with Crippen LogP contribution in [0.5, 0.6) is 0 Å². The molecule has 0 saturated carbocycles. The van der Waals surface area contributed by atoms with Crippen molar-refractivity contribution < 1.29 is 18.7 Å². The number of halogens is 1. The van der Waals surface area contributed by atoms with Gasteiger partial charge < -0.3 is 14.2 Å². The van der Waals surface area contributed by atoms with Gasteiger partial charge in [0, 0.05) is 31.2 Å². The van der Waals surface area contributed by atoms with Gasteiger partial charge in [-0.15, -0.1) is 0 Å². The van der Waals surface area contributed by atoms with Gasteiger partial charge >= 0.3 is 5.97 Å². The Labute approximate surface area is 267 Å². The Kier molecular flexibility index (Phi) is 9.06. The van der Waals surface area contributed by atoms with E-state index in [0.29, 0.717) is 44.1 Å². The normalized spacial score (nSPS) is 23.4. The number of likely N-dealkylation sites (tertiary alicyclic amines) is 1. The van der Waals surface area contributed by atoms with Crippen LogP contribution in [0, 0.1) is 18.2 Å². The quantitative estimate of drug-likeness (QED) is 0.182. The maximum absolute atomic E-state index is 14.6. The van der Waals surface area contributed by atoms with Gasteiger partial charge in [-0.3, -0.25) is 14.5 Å². The number of benzene rings is 2. The SMILES string of the molecule is CCOC(=O)C(CC)(CC)C(=O)N1CCC(CCN2[C@@H]3CC[C@H]2C[C@@H](n2c(C)nc4ccccc42)C3)(c2cccc(F)c2)CC1. The summed E-state index contributed by atoms with van der Waals surface area (Å²) < 4.78 is 22.5. The average Bonchev–Trinajstić information content (AvgIpc) is 3.51. The van der Waals surface area contributed by atoms with E-state index in [1.54, 1.807) is 13.0 Å². The molecule has 3 aliphatic rings. The number of carbonyl (C=O) groups excluding carboxylic acids is 2. The molecule has 6 rings (SSSR count). The van der Waals surface area contributed by atoms with E-state index in [1.807, 2.05) is 24.8 Å². The van der Waals surface area contributed by atoms with Gasteiger partial charge in [0.05, 0.1) is 17.6 Å². The van der Waals surface area contributed by atoms with Gasteiger partial charge in [-0.05, 0) is 113 Å². The summed E-state index contributed by atoms with van der Waals surface area (Å²) in [5.74, 6) is 0.340. The molecule has 2 bridgehead atoms. The number of aryl methyl sites for hydroxylation is 1. The zero-order valence-electron chi connectivity index (χ0n) is 27.4. The van der Waals surface area contributed by atoms with Gasteiger partial charge in [-0.2, -0.15) is 0 Å². The minimum atomic E-state index is -1.14. The second-order valence-corrected chi connectivity index (χ2v) is 13.6. The summed E-state index contributed by atoms with van der Waals surface area (Å²) in [6.45, 7) is 10.0. The lowest BCUT2D eigenvalue weighted by molar-refractivity contribution is -0.166. The van der Waals surface area contributed by atoms with Crippen LogP contribution in [0.4, 0.5) is 4.39 Å². The Hall–Kier alpha value is -3.26. The minimum absolute atomic E-state index is 0.124. The Bertz CT molecular complexity index is 1510. The Balaban J connectivity index is 1.18. The molecule has 2 aromatic carbocycles. The van der Waals surface area contributed by atoms with Crippen LogP contribution >= 0.6 is 0 Å². The zero-order chi connectivity index (χ0) is 31.8. The lowest BCUT2D eigenvalue weighted by atomic mass is 9.69. The highest BCUT2D eigenvalue weighted by Crippen LogP contribution is 2.45. The van der Waals surface area contributed by atoms with Crippen LogP contribution < -0.4 is 0 Å². The Morgan fingerprint density at radius 2 is 1.67 bits per heavy atom. The molecule has 7 nitrogen and oxygen atoms in total. The first-order chi connectivity index (χ1) is 21.7. The van der Waals surface area contributed by atoms with Crippen LogP contribution in [0.25, 0.3) is 11.0 Å². The molecule has 1 amide bonds. The van der Waals surface area contributed by atoms with Gasteiger partial charge in [0.25, 0.3) is 0 Å². The maximum Gasteiger partial charge on any atom is 0.321 e. The third-order valence-electron chi connectivity index (χ3n) is 11.6. The molecule has 0 radical (unpaired) electrons. The summed E-state index contributed by atoms with van der Waals surface area (Å²) >= 11 is 0. The summed E-state index contributed by atoms with van der Waals surface area (Å²) in [7, 11) is 0. The first-order valence-electron chi connectivity index (χ1n) is 17.2. The number of amides is 1. The number of ether oxygens (including phenoxy) is 1. The Morgan fingerprint density at radius 3 is 2.31 bits per heavy atom. The monoisotopic (exact) mass is 616 g/mol. The standard InChI is InChI=1S/C37H49FN4O3/c1-5-37(6-2,35(44)45-7-3)34(43)40-20-17-36(18-21-40,27-11-10-12-28(38)23-27)19-22-41-29-15-16-30(41)25-31(24-29)42-26(4)39-32-13-8-9-14-33(32)42/h8-14,23,29-31H,5-7,15-22,24-25H2,1-4H3/t29-,30+,31+. The fourth-order valence-electron chi connectivity index (χ4n) is 8.93. The lowest BCUT2D eigenvalue weighted by Crippen LogP contribution is -2.54. The molecule has 0 N–H and O–H groups in total. The first-order valence-corrected chi connectivity index (χ1v) is 17.2. The van der Waals surface area contributed by atoms with Crippen molar-refractivity contribution in [2.45, 2.75) is 109 Å². The molecule has 45 heavy (non-hydrogen) atoms. The van der Waals surface area contributed by atoms with E-state index in [2.05, 4.69) is 46.7 Å². The van der Waals surface area contributed by atoms with Gasteiger partial charge in [0.2, 0.25) is 5.91 Å². The van der Waals surface area contributed by atoms with Crippen LogP contribution in [0.2, 0.25) is 0 Å². The summed E-state index contributed by atoms with van der Waals surface area (Å²) in [5.41, 5.74) is 1.97. The molecule has 3 atom stereocenters. The number of rotatable bonds is 10. The molecule has 3 fully saturated rings. The molecule has 1 aromatic heterocycles. The topological polar surface area (TPSA) is 67.7 Å². The molecular formula is C37H49FN4O3. The molecule has 3 aliphatic heterocycles. The van der Waals surface area contributed by atoms with Crippen molar-refractivity contribution >= 4 is 22.9 Å². The molecule has 0 aliphatic carbocycles. The molecule has 0 unspecified atom stereocenters. The highest BCUT2D eigenvalue weighted by Gasteiger charge is 2.49. The molecule has 8 heteroatoms. The average molecular weight is 617 g/mol. The van der Waals surface area contributed by atoms with Crippen molar-refractivity contribution in [3.05, 3.63) is 65.7 Å². The third-order valence-corrected chi connectivity index (χ3v) is 11.6. The summed E-state index contributed by atoms with van der Waals surface area (Å²) in [5, 5.41) is 0. The fourth-order valence-corrected chi connectivity index (χ4v) is 8.93. The van der Waals surface area contributed by atoms with Crippen LogP contribution in [0.15, 0.2) is 48.5 Å². The lowest BCUT2D eigenvalue weighted by Gasteiger charge is -2.46. The van der Waals surface area contributed by atoms with Gasteiger partial charge in [0.15, 0.2) is 0 Å². The van der Waals surface area contributed by atoms with Crippen molar-refractivity contribution in [2.24, 2.45) is 5.41 Å². The highest BCUT2D eigenvalue weighted by molar-refractivity contribution is 6.02. The van der Waals surface area contributed by atoms with Crippen molar-refractivity contribution in [1.82, 2.24) is 19.4 Å². The van der Waals surface area contributed by atoms with E-state index in [0.717, 1.165) is 55.6 Å². The van der Waals surface area contributed by atoms with E-state index in [4.69, 9.17) is 9.72 Å². The fraction of sp³-hybridized carbons (Fsp3) is 0.595. The largest absolute Gasteiger partial charge is 0.465 e. The Morgan fingerprint density at radius 1 is 0.978 bits per heavy atom. The highest BCUT2D eigenvalue weighted by atomic mass is 19.1. The predicted molar refractivity (Wildman–Crippen MR) is 174 cm³/mol. The summed E-state index contributed by atoms with van der Waals surface area (Å²) in [4.78, 5) is 36.3. The van der Waals surface area contributed by atoms with E-state index in [1.165, 1.54) is 24.4 Å². The number of hydrogen-bond acceptors (Lipinski definition) is 5. The van der Waals surface area contributed by atoms with Gasteiger partial charge in [-0.1, -0.05) is 38.1 Å². The number of piperidine rings is 2. The number of fused-ring (bicyclic) bond motifs is 3. The molecule has 3 aromatic rings. The third kappa shape index (κ3) is 5.68. The van der Waals surface area contributed by atoms with Crippen LogP contribution in [0.1, 0.15) is 96.0 Å². The minimum Gasteiger partial charge on any atom is -0.465 e. The number of esters is 1. The molecule has 3 saturated heterocycles. The zero-order valence-corrected chi connectivity index (χ0v) is 27.4. The molecule has 0 spiro atoms. The number of para-hydroxylation sites is 2. The van der Waals surface area contributed by atoms with E-state index >= 15 is 0 Å². The van der Waals surface area contributed by atoms with E-state index < -0.39 is 11.4 Å². The molecule has 242 valence electrons. The van der Waals surface area contributed by atoms with Crippen molar-refractivity contribution in [2.75, 3.05) is 26.2 Å². The predicted octanol–water partition coefficient (Wildman–Crippen LogP) is 6.97. The van der Waals surface area contributed by atoms with Gasteiger partial charge in [-0.25, -0.2) is 9.37 Å². The van der Waals surface area contributed by atoms with Gasteiger partial charge in [0.1, 0.15) is 17.1 Å². The van der Waals surface area contributed by atoms with Crippen LogP contribution in [-0.2, 0) is 19.7 Å². The summed E-state index contributed by atoms with van der Waals surface area (Å²) in [6, 6.07) is 17.1.